The zero-order valence-electron chi connectivity index (χ0n) is 10.0. The van der Waals surface area contributed by atoms with Gasteiger partial charge < -0.3 is 14.3 Å². The fraction of sp³-hybridized carbons (Fsp3) is 0.636. The Balaban J connectivity index is 2.79. The minimum absolute atomic E-state index is 0.0880. The lowest BCUT2D eigenvalue weighted by molar-refractivity contribution is -0.0246. The molecule has 1 rings (SSSR count). The van der Waals surface area contributed by atoms with Crippen molar-refractivity contribution in [3.05, 3.63) is 17.3 Å². The lowest BCUT2D eigenvalue weighted by atomic mass is 10.2. The molecule has 0 saturated heterocycles. The molecule has 16 heavy (non-hydrogen) atoms. The summed E-state index contributed by atoms with van der Waals surface area (Å²) in [6, 6.07) is 0. The van der Waals surface area contributed by atoms with Crippen molar-refractivity contribution in [1.29, 1.82) is 0 Å². The van der Waals surface area contributed by atoms with Gasteiger partial charge in [-0.15, -0.1) is 0 Å². The number of hydrogen-bond acceptors (Lipinski definition) is 4. The molecule has 0 atom stereocenters. The smallest absolute Gasteiger partial charge is 0.373 e. The number of rotatable bonds is 4. The van der Waals surface area contributed by atoms with E-state index in [1.807, 2.05) is 27.7 Å². The molecule has 0 aliphatic carbocycles. The molecule has 1 heterocycles. The molecule has 0 bridgehead atoms. The van der Waals surface area contributed by atoms with Crippen LogP contribution in [0.3, 0.4) is 0 Å². The van der Waals surface area contributed by atoms with E-state index in [0.717, 1.165) is 0 Å². The summed E-state index contributed by atoms with van der Waals surface area (Å²) in [6.45, 7) is 7.75. The SMILES string of the molecule is CCc1nc(COC(C)(C)C)oc1C(=O)O. The van der Waals surface area contributed by atoms with Gasteiger partial charge in [0.2, 0.25) is 11.7 Å². The average Bonchev–Trinajstić information content (AvgIpc) is 2.56. The minimum Gasteiger partial charge on any atom is -0.475 e. The molecule has 1 aromatic heterocycles. The van der Waals surface area contributed by atoms with Gasteiger partial charge >= 0.3 is 5.97 Å². The van der Waals surface area contributed by atoms with Crippen LogP contribution in [0.4, 0.5) is 0 Å². The summed E-state index contributed by atoms with van der Waals surface area (Å²) < 4.78 is 10.6. The zero-order chi connectivity index (χ0) is 12.3. The highest BCUT2D eigenvalue weighted by Gasteiger charge is 2.19. The van der Waals surface area contributed by atoms with Crippen molar-refractivity contribution in [1.82, 2.24) is 4.98 Å². The molecule has 1 aromatic rings. The van der Waals surface area contributed by atoms with E-state index in [0.29, 0.717) is 18.0 Å². The van der Waals surface area contributed by atoms with Gasteiger partial charge in [0.15, 0.2) is 0 Å². The van der Waals surface area contributed by atoms with Gasteiger partial charge in [-0.3, -0.25) is 0 Å². The standard InChI is InChI=1S/C11H17NO4/c1-5-7-9(10(13)14)16-8(12-7)6-15-11(2,3)4/h5-6H2,1-4H3,(H,13,14). The monoisotopic (exact) mass is 227 g/mol. The highest BCUT2D eigenvalue weighted by atomic mass is 16.5. The van der Waals surface area contributed by atoms with Crippen LogP contribution in [0.25, 0.3) is 0 Å². The van der Waals surface area contributed by atoms with Gasteiger partial charge in [0, 0.05) is 0 Å². The van der Waals surface area contributed by atoms with E-state index in [1.54, 1.807) is 0 Å². The Morgan fingerprint density at radius 1 is 1.50 bits per heavy atom. The van der Waals surface area contributed by atoms with Gasteiger partial charge in [-0.25, -0.2) is 9.78 Å². The molecule has 90 valence electrons. The maximum atomic E-state index is 10.8. The van der Waals surface area contributed by atoms with E-state index >= 15 is 0 Å². The first-order valence-electron chi connectivity index (χ1n) is 5.19. The van der Waals surface area contributed by atoms with Crippen LogP contribution in [0.5, 0.6) is 0 Å². The quantitative estimate of drug-likeness (QED) is 0.854. The van der Waals surface area contributed by atoms with Gasteiger partial charge in [0.1, 0.15) is 6.61 Å². The third-order valence-electron chi connectivity index (χ3n) is 1.90. The highest BCUT2D eigenvalue weighted by molar-refractivity contribution is 5.85. The molecule has 0 aliphatic rings. The second-order valence-corrected chi connectivity index (χ2v) is 4.44. The third-order valence-corrected chi connectivity index (χ3v) is 1.90. The summed E-state index contributed by atoms with van der Waals surface area (Å²) in [6.07, 6.45) is 0.528. The Morgan fingerprint density at radius 2 is 2.12 bits per heavy atom. The molecular formula is C11H17NO4. The summed E-state index contributed by atoms with van der Waals surface area (Å²) >= 11 is 0. The number of carbonyl (C=O) groups is 1. The molecule has 5 heteroatoms. The lowest BCUT2D eigenvalue weighted by Crippen LogP contribution is -2.18. The molecule has 0 amide bonds. The first-order chi connectivity index (χ1) is 7.33. The summed E-state index contributed by atoms with van der Waals surface area (Å²) in [5.74, 6) is -0.870. The molecular weight excluding hydrogens is 210 g/mol. The lowest BCUT2D eigenvalue weighted by Gasteiger charge is -2.17. The van der Waals surface area contributed by atoms with Crippen molar-refractivity contribution in [3.63, 3.8) is 0 Å². The Hall–Kier alpha value is -1.36. The maximum Gasteiger partial charge on any atom is 0.373 e. The molecule has 0 unspecified atom stereocenters. The number of ether oxygens (including phenoxy) is 1. The van der Waals surface area contributed by atoms with E-state index in [-0.39, 0.29) is 18.0 Å². The van der Waals surface area contributed by atoms with Crippen LogP contribution in [-0.2, 0) is 17.8 Å². The molecule has 0 spiro atoms. The number of carboxylic acid groups (broad SMARTS) is 1. The van der Waals surface area contributed by atoms with Crippen molar-refractivity contribution >= 4 is 5.97 Å². The zero-order valence-corrected chi connectivity index (χ0v) is 10.0. The number of nitrogens with zero attached hydrogens (tertiary/aromatic N) is 1. The van der Waals surface area contributed by atoms with Crippen LogP contribution in [0.2, 0.25) is 0 Å². The maximum absolute atomic E-state index is 10.8. The van der Waals surface area contributed by atoms with E-state index in [4.69, 9.17) is 14.3 Å². The predicted octanol–water partition coefficient (Wildman–Crippen LogP) is 2.25. The number of hydrogen-bond donors (Lipinski definition) is 1. The molecule has 0 aliphatic heterocycles. The van der Waals surface area contributed by atoms with Gasteiger partial charge in [0.25, 0.3) is 0 Å². The third kappa shape index (κ3) is 3.34. The Labute approximate surface area is 94.4 Å². The Morgan fingerprint density at radius 3 is 2.50 bits per heavy atom. The van der Waals surface area contributed by atoms with Crippen LogP contribution in [-0.4, -0.2) is 21.7 Å². The first kappa shape index (κ1) is 12.7. The topological polar surface area (TPSA) is 72.6 Å². The van der Waals surface area contributed by atoms with Crippen molar-refractivity contribution in [2.75, 3.05) is 0 Å². The number of aromatic nitrogens is 1. The molecule has 0 radical (unpaired) electrons. The van der Waals surface area contributed by atoms with E-state index in [2.05, 4.69) is 4.98 Å². The fourth-order valence-corrected chi connectivity index (χ4v) is 1.15. The van der Waals surface area contributed by atoms with Crippen molar-refractivity contribution < 1.29 is 19.1 Å². The summed E-state index contributed by atoms with van der Waals surface area (Å²) in [5.41, 5.74) is 0.157. The van der Waals surface area contributed by atoms with E-state index in [9.17, 15) is 4.79 Å². The van der Waals surface area contributed by atoms with Crippen LogP contribution in [0, 0.1) is 0 Å². The predicted molar refractivity (Wildman–Crippen MR) is 57.4 cm³/mol. The summed E-state index contributed by atoms with van der Waals surface area (Å²) in [7, 11) is 0. The van der Waals surface area contributed by atoms with Crippen LogP contribution in [0.15, 0.2) is 4.42 Å². The molecule has 0 aromatic carbocycles. The van der Waals surface area contributed by atoms with Gasteiger partial charge in [0.05, 0.1) is 11.3 Å². The molecule has 0 saturated carbocycles. The number of carboxylic acids is 1. The Bertz CT molecular complexity index is 376. The van der Waals surface area contributed by atoms with Crippen LogP contribution < -0.4 is 0 Å². The number of oxazole rings is 1. The second-order valence-electron chi connectivity index (χ2n) is 4.44. The second kappa shape index (κ2) is 4.65. The summed E-state index contributed by atoms with van der Waals surface area (Å²) in [5, 5.41) is 8.86. The molecule has 1 N–H and O–H groups in total. The van der Waals surface area contributed by atoms with Gasteiger partial charge in [-0.2, -0.15) is 0 Å². The molecule has 5 nitrogen and oxygen atoms in total. The van der Waals surface area contributed by atoms with Gasteiger partial charge in [-0.1, -0.05) is 6.92 Å². The largest absolute Gasteiger partial charge is 0.475 e. The molecule has 0 fully saturated rings. The minimum atomic E-state index is -1.09. The fourth-order valence-electron chi connectivity index (χ4n) is 1.15. The average molecular weight is 227 g/mol. The van der Waals surface area contributed by atoms with Crippen molar-refractivity contribution in [3.8, 4) is 0 Å². The number of aryl methyl sites for hydroxylation is 1. The van der Waals surface area contributed by atoms with E-state index in [1.165, 1.54) is 0 Å². The highest BCUT2D eigenvalue weighted by Crippen LogP contribution is 2.15. The van der Waals surface area contributed by atoms with Crippen molar-refractivity contribution in [2.24, 2.45) is 0 Å². The summed E-state index contributed by atoms with van der Waals surface area (Å²) in [4.78, 5) is 14.9. The first-order valence-corrected chi connectivity index (χ1v) is 5.19. The Kier molecular flexibility index (Phi) is 3.70. The van der Waals surface area contributed by atoms with Gasteiger partial charge in [-0.05, 0) is 27.2 Å². The van der Waals surface area contributed by atoms with E-state index < -0.39 is 5.97 Å². The van der Waals surface area contributed by atoms with Crippen molar-refractivity contribution in [2.45, 2.75) is 46.3 Å². The van der Waals surface area contributed by atoms with Crippen LogP contribution >= 0.6 is 0 Å². The normalized spacial score (nSPS) is 11.8. The number of aromatic carboxylic acids is 1. The van der Waals surface area contributed by atoms with Crippen LogP contribution in [0.1, 0.15) is 49.8 Å².